The minimum atomic E-state index is -0.930. The van der Waals surface area contributed by atoms with E-state index in [1.54, 1.807) is 0 Å². The number of alkyl halides is 1. The Labute approximate surface area is 122 Å². The van der Waals surface area contributed by atoms with E-state index in [9.17, 15) is 4.39 Å². The highest BCUT2D eigenvalue weighted by atomic mass is 19.1. The molecule has 0 amide bonds. The van der Waals surface area contributed by atoms with Crippen LogP contribution in [0.25, 0.3) is 0 Å². The summed E-state index contributed by atoms with van der Waals surface area (Å²) in [5.74, 6) is 0.555. The fourth-order valence-corrected chi connectivity index (χ4v) is 2.47. The molecule has 1 rings (SSSR count). The molecule has 0 saturated carbocycles. The van der Waals surface area contributed by atoms with Gasteiger partial charge in [0.15, 0.2) is 0 Å². The van der Waals surface area contributed by atoms with Crippen molar-refractivity contribution in [3.63, 3.8) is 0 Å². The molecule has 0 heterocycles. The molecule has 2 nitrogen and oxygen atoms in total. The van der Waals surface area contributed by atoms with Gasteiger partial charge in [0.1, 0.15) is 6.17 Å². The van der Waals surface area contributed by atoms with Crippen LogP contribution in [-0.2, 0) is 4.84 Å². The number of hydrogen-bond acceptors (Lipinski definition) is 2. The first-order valence-corrected chi connectivity index (χ1v) is 7.45. The zero-order valence-corrected chi connectivity index (χ0v) is 13.3. The summed E-state index contributed by atoms with van der Waals surface area (Å²) in [7, 11) is 1.54. The second-order valence-electron chi connectivity index (χ2n) is 5.94. The highest BCUT2D eigenvalue weighted by Gasteiger charge is 2.31. The zero-order valence-electron chi connectivity index (χ0n) is 13.3. The normalized spacial score (nSPS) is 28.9. The number of hydroxylamine groups is 1. The van der Waals surface area contributed by atoms with Crippen molar-refractivity contribution >= 4 is 0 Å². The van der Waals surface area contributed by atoms with Crippen LogP contribution in [0.2, 0.25) is 0 Å². The first-order valence-electron chi connectivity index (χ1n) is 7.45. The lowest BCUT2D eigenvalue weighted by atomic mass is 9.92. The van der Waals surface area contributed by atoms with Gasteiger partial charge in [0.05, 0.1) is 13.2 Å². The number of rotatable bonds is 5. The van der Waals surface area contributed by atoms with Crippen LogP contribution < -0.4 is 5.48 Å². The van der Waals surface area contributed by atoms with Crippen LogP contribution in [0.15, 0.2) is 35.5 Å². The predicted molar refractivity (Wildman–Crippen MR) is 83.0 cm³/mol. The second kappa shape index (κ2) is 8.38. The highest BCUT2D eigenvalue weighted by molar-refractivity contribution is 5.37. The number of hydrogen-bond donors (Lipinski definition) is 1. The minimum absolute atomic E-state index is 0.0374. The van der Waals surface area contributed by atoms with Gasteiger partial charge in [-0.05, 0) is 42.7 Å². The van der Waals surface area contributed by atoms with Gasteiger partial charge in [-0.2, -0.15) is 5.48 Å². The summed E-state index contributed by atoms with van der Waals surface area (Å²) in [4.78, 5) is 5.00. The molecule has 0 saturated heterocycles. The molecule has 0 aliphatic heterocycles. The van der Waals surface area contributed by atoms with Gasteiger partial charge < -0.3 is 4.84 Å². The van der Waals surface area contributed by atoms with Crippen LogP contribution in [0.5, 0.6) is 0 Å². The smallest absolute Gasteiger partial charge is 0.124 e. The Morgan fingerprint density at radius 2 is 2.20 bits per heavy atom. The van der Waals surface area contributed by atoms with E-state index in [1.807, 2.05) is 19.9 Å². The highest BCUT2D eigenvalue weighted by Crippen LogP contribution is 2.29. The van der Waals surface area contributed by atoms with Gasteiger partial charge in [-0.15, -0.1) is 0 Å². The summed E-state index contributed by atoms with van der Waals surface area (Å²) in [6.45, 7) is 8.27. The van der Waals surface area contributed by atoms with Crippen LogP contribution in [0.4, 0.5) is 4.39 Å². The molecule has 0 bridgehead atoms. The first-order chi connectivity index (χ1) is 9.47. The lowest BCUT2D eigenvalue weighted by Crippen LogP contribution is -2.41. The van der Waals surface area contributed by atoms with Crippen molar-refractivity contribution < 1.29 is 9.23 Å². The van der Waals surface area contributed by atoms with Gasteiger partial charge in [0.25, 0.3) is 0 Å². The Hall–Kier alpha value is -0.930. The van der Waals surface area contributed by atoms with E-state index >= 15 is 0 Å². The molecule has 0 aromatic carbocycles. The van der Waals surface area contributed by atoms with E-state index in [1.165, 1.54) is 7.11 Å². The van der Waals surface area contributed by atoms with Crippen LogP contribution in [0.3, 0.4) is 0 Å². The van der Waals surface area contributed by atoms with Crippen molar-refractivity contribution in [1.29, 1.82) is 0 Å². The average molecular weight is 281 g/mol. The molecule has 0 radical (unpaired) electrons. The monoisotopic (exact) mass is 281 g/mol. The van der Waals surface area contributed by atoms with Gasteiger partial charge in [0, 0.05) is 0 Å². The fraction of sp³-hybridized carbons (Fsp3) is 0.647. The van der Waals surface area contributed by atoms with Crippen LogP contribution in [0, 0.1) is 11.8 Å². The Balaban J connectivity index is 2.95. The first kappa shape index (κ1) is 17.1. The molecule has 3 heteroatoms. The largest absolute Gasteiger partial charge is 0.304 e. The van der Waals surface area contributed by atoms with E-state index < -0.39 is 6.17 Å². The topological polar surface area (TPSA) is 21.3 Å². The SMILES string of the molecule is CONC1C(/C(C)=C\C=C/C(C)C)=CCC[C@@H](C)C1F. The van der Waals surface area contributed by atoms with Crippen molar-refractivity contribution in [2.45, 2.75) is 52.8 Å². The van der Waals surface area contributed by atoms with Gasteiger partial charge in [0.2, 0.25) is 0 Å². The quantitative estimate of drug-likeness (QED) is 0.597. The molecular weight excluding hydrogens is 253 g/mol. The van der Waals surface area contributed by atoms with Crippen LogP contribution >= 0.6 is 0 Å². The van der Waals surface area contributed by atoms with Crippen LogP contribution in [0.1, 0.15) is 40.5 Å². The average Bonchev–Trinajstić information content (AvgIpc) is 2.52. The van der Waals surface area contributed by atoms with Gasteiger partial charge in [-0.1, -0.05) is 45.1 Å². The minimum Gasteiger partial charge on any atom is -0.304 e. The molecule has 20 heavy (non-hydrogen) atoms. The predicted octanol–water partition coefficient (Wildman–Crippen LogP) is 4.36. The van der Waals surface area contributed by atoms with Gasteiger partial charge in [-0.3, -0.25) is 0 Å². The molecule has 2 unspecified atom stereocenters. The Bertz CT molecular complexity index is 384. The van der Waals surface area contributed by atoms with Crippen molar-refractivity contribution in [3.05, 3.63) is 35.5 Å². The van der Waals surface area contributed by atoms with E-state index in [2.05, 4.69) is 37.6 Å². The Kier molecular flexibility index (Phi) is 7.17. The third kappa shape index (κ3) is 4.88. The van der Waals surface area contributed by atoms with E-state index in [4.69, 9.17) is 4.84 Å². The van der Waals surface area contributed by atoms with Crippen molar-refractivity contribution in [2.24, 2.45) is 11.8 Å². The Morgan fingerprint density at radius 3 is 2.80 bits per heavy atom. The molecule has 0 spiro atoms. The van der Waals surface area contributed by atoms with Crippen LogP contribution in [-0.4, -0.2) is 19.3 Å². The molecule has 1 N–H and O–H groups in total. The fourth-order valence-electron chi connectivity index (χ4n) is 2.47. The summed E-state index contributed by atoms with van der Waals surface area (Å²) in [5, 5.41) is 0. The summed E-state index contributed by atoms with van der Waals surface area (Å²) in [6, 6.07) is -0.388. The van der Waals surface area contributed by atoms with E-state index in [0.29, 0.717) is 5.92 Å². The molecule has 0 fully saturated rings. The summed E-state index contributed by atoms with van der Waals surface area (Å²) >= 11 is 0. The van der Waals surface area contributed by atoms with E-state index in [0.717, 1.165) is 24.0 Å². The molecule has 1 aliphatic carbocycles. The third-order valence-electron chi connectivity index (χ3n) is 3.73. The summed E-state index contributed by atoms with van der Waals surface area (Å²) in [5.41, 5.74) is 4.93. The lowest BCUT2D eigenvalue weighted by Gasteiger charge is -2.26. The maximum atomic E-state index is 14.5. The second-order valence-corrected chi connectivity index (χ2v) is 5.94. The summed E-state index contributed by atoms with van der Waals surface area (Å²) < 4.78 is 14.5. The Morgan fingerprint density at radius 1 is 1.50 bits per heavy atom. The molecular formula is C17H28FNO. The molecule has 3 atom stereocenters. The number of allylic oxidation sites excluding steroid dienone is 4. The van der Waals surface area contributed by atoms with Gasteiger partial charge >= 0.3 is 0 Å². The standard InChI is InChI=1S/C17H28FNO/c1-12(2)8-6-9-13(3)15-11-7-10-14(4)16(18)17(15)19-20-5/h6,8-9,11-12,14,16-17,19H,7,10H2,1-5H3/b8-6-,13-9-/t14-,16?,17?/m1/s1. The zero-order chi connectivity index (χ0) is 15.1. The number of nitrogens with one attached hydrogen (secondary N) is 1. The lowest BCUT2D eigenvalue weighted by molar-refractivity contribution is 0.0336. The molecule has 114 valence electrons. The molecule has 0 aromatic heterocycles. The van der Waals surface area contributed by atoms with E-state index in [-0.39, 0.29) is 12.0 Å². The van der Waals surface area contributed by atoms with Gasteiger partial charge in [-0.25, -0.2) is 4.39 Å². The number of halogens is 1. The van der Waals surface area contributed by atoms with Crippen molar-refractivity contribution in [3.8, 4) is 0 Å². The maximum absolute atomic E-state index is 14.5. The molecule has 0 aromatic rings. The van der Waals surface area contributed by atoms with Crippen molar-refractivity contribution in [2.75, 3.05) is 7.11 Å². The van der Waals surface area contributed by atoms with Crippen molar-refractivity contribution in [1.82, 2.24) is 5.48 Å². The summed E-state index contributed by atoms with van der Waals surface area (Å²) in [6.07, 6.45) is 9.24. The maximum Gasteiger partial charge on any atom is 0.124 e. The molecule has 1 aliphatic rings. The third-order valence-corrected chi connectivity index (χ3v) is 3.73.